The Morgan fingerprint density at radius 3 is 1.73 bits per heavy atom. The van der Waals surface area contributed by atoms with Crippen LogP contribution in [0.5, 0.6) is 0 Å². The van der Waals surface area contributed by atoms with Crippen molar-refractivity contribution in [2.75, 3.05) is 6.61 Å². The number of aliphatic hydroxyl groups excluding tert-OH is 1. The molecular formula is C8H18O3. The van der Waals surface area contributed by atoms with Crippen LogP contribution in [0.3, 0.4) is 0 Å². The molecular weight excluding hydrogens is 144 g/mol. The van der Waals surface area contributed by atoms with E-state index in [1.54, 1.807) is 6.92 Å². The van der Waals surface area contributed by atoms with Gasteiger partial charge in [0.25, 0.3) is 0 Å². The van der Waals surface area contributed by atoms with E-state index in [-0.39, 0.29) is 12.0 Å². The summed E-state index contributed by atoms with van der Waals surface area (Å²) in [4.78, 5) is 4.21. The summed E-state index contributed by atoms with van der Waals surface area (Å²) in [7, 11) is 0. The molecule has 3 heteroatoms. The third-order valence-electron chi connectivity index (χ3n) is 1.46. The zero-order chi connectivity index (χ0) is 9.12. The molecule has 0 aromatic rings. The van der Waals surface area contributed by atoms with Crippen molar-refractivity contribution in [1.82, 2.24) is 0 Å². The van der Waals surface area contributed by atoms with E-state index in [1.807, 2.05) is 20.8 Å². The molecule has 1 unspecified atom stereocenters. The molecule has 0 saturated heterocycles. The molecule has 0 bridgehead atoms. The van der Waals surface area contributed by atoms with E-state index < -0.39 is 5.60 Å². The third-order valence-corrected chi connectivity index (χ3v) is 1.46. The number of aliphatic hydroxyl groups is 1. The molecule has 0 spiro atoms. The lowest BCUT2D eigenvalue weighted by Crippen LogP contribution is -2.36. The SMILES string of the molecule is CC(C)(C)CC(C)(CO)OO. The molecule has 0 fully saturated rings. The minimum Gasteiger partial charge on any atom is -0.393 e. The zero-order valence-corrected chi connectivity index (χ0v) is 7.72. The average molecular weight is 162 g/mol. The molecule has 0 aromatic heterocycles. The second-order valence-electron chi connectivity index (χ2n) is 4.44. The normalized spacial score (nSPS) is 18.0. The van der Waals surface area contributed by atoms with Gasteiger partial charge in [-0.2, -0.15) is 0 Å². The van der Waals surface area contributed by atoms with Crippen molar-refractivity contribution in [2.45, 2.75) is 39.7 Å². The zero-order valence-electron chi connectivity index (χ0n) is 7.72. The van der Waals surface area contributed by atoms with Gasteiger partial charge in [0.15, 0.2) is 0 Å². The maximum absolute atomic E-state index is 8.86. The molecule has 0 aromatic carbocycles. The van der Waals surface area contributed by atoms with Crippen LogP contribution < -0.4 is 0 Å². The van der Waals surface area contributed by atoms with Gasteiger partial charge in [0, 0.05) is 0 Å². The van der Waals surface area contributed by atoms with E-state index in [1.165, 1.54) is 0 Å². The van der Waals surface area contributed by atoms with E-state index in [0.29, 0.717) is 6.42 Å². The number of hydrogen-bond acceptors (Lipinski definition) is 3. The van der Waals surface area contributed by atoms with Gasteiger partial charge in [0.1, 0.15) is 5.60 Å². The van der Waals surface area contributed by atoms with Crippen LogP contribution in [0.4, 0.5) is 0 Å². The molecule has 0 heterocycles. The van der Waals surface area contributed by atoms with Crippen molar-refractivity contribution in [3.63, 3.8) is 0 Å². The Balaban J connectivity index is 4.08. The lowest BCUT2D eigenvalue weighted by molar-refractivity contribution is -0.331. The van der Waals surface area contributed by atoms with Gasteiger partial charge in [-0.05, 0) is 18.8 Å². The first kappa shape index (κ1) is 10.9. The Hall–Kier alpha value is -0.120. The molecule has 68 valence electrons. The minimum absolute atomic E-state index is 0.0419. The highest BCUT2D eigenvalue weighted by Crippen LogP contribution is 2.28. The highest BCUT2D eigenvalue weighted by molar-refractivity contribution is 4.79. The van der Waals surface area contributed by atoms with Crippen molar-refractivity contribution in [1.29, 1.82) is 0 Å². The van der Waals surface area contributed by atoms with Gasteiger partial charge in [0.2, 0.25) is 0 Å². The van der Waals surface area contributed by atoms with E-state index in [4.69, 9.17) is 10.4 Å². The molecule has 0 amide bonds. The quantitative estimate of drug-likeness (QED) is 0.490. The highest BCUT2D eigenvalue weighted by atomic mass is 17.1. The van der Waals surface area contributed by atoms with Crippen LogP contribution in [0.2, 0.25) is 0 Å². The summed E-state index contributed by atoms with van der Waals surface area (Å²) < 4.78 is 0. The van der Waals surface area contributed by atoms with Gasteiger partial charge in [-0.15, -0.1) is 0 Å². The summed E-state index contributed by atoms with van der Waals surface area (Å²) in [6.45, 7) is 7.60. The Morgan fingerprint density at radius 1 is 1.18 bits per heavy atom. The fourth-order valence-electron chi connectivity index (χ4n) is 1.24. The molecule has 0 saturated carbocycles. The van der Waals surface area contributed by atoms with Gasteiger partial charge in [-0.3, -0.25) is 5.26 Å². The molecule has 0 aliphatic heterocycles. The van der Waals surface area contributed by atoms with Gasteiger partial charge in [-0.1, -0.05) is 20.8 Å². The molecule has 0 rings (SSSR count). The van der Waals surface area contributed by atoms with Crippen LogP contribution in [0.15, 0.2) is 0 Å². The molecule has 0 aliphatic rings. The van der Waals surface area contributed by atoms with Crippen LogP contribution in [-0.2, 0) is 4.89 Å². The van der Waals surface area contributed by atoms with Crippen molar-refractivity contribution >= 4 is 0 Å². The Morgan fingerprint density at radius 2 is 1.64 bits per heavy atom. The predicted octanol–water partition coefficient (Wildman–Crippen LogP) is 1.66. The average Bonchev–Trinajstić information content (AvgIpc) is 1.84. The van der Waals surface area contributed by atoms with Crippen LogP contribution >= 0.6 is 0 Å². The fourth-order valence-corrected chi connectivity index (χ4v) is 1.24. The molecule has 2 N–H and O–H groups in total. The second kappa shape index (κ2) is 3.52. The largest absolute Gasteiger partial charge is 0.393 e. The van der Waals surface area contributed by atoms with Crippen molar-refractivity contribution in [2.24, 2.45) is 5.41 Å². The topological polar surface area (TPSA) is 49.7 Å². The maximum atomic E-state index is 8.86. The van der Waals surface area contributed by atoms with Crippen molar-refractivity contribution in [3.05, 3.63) is 0 Å². The molecule has 11 heavy (non-hydrogen) atoms. The van der Waals surface area contributed by atoms with Crippen molar-refractivity contribution in [3.8, 4) is 0 Å². The summed E-state index contributed by atoms with van der Waals surface area (Å²) in [5.74, 6) is 0. The monoisotopic (exact) mass is 162 g/mol. The first-order chi connectivity index (χ1) is 4.83. The summed E-state index contributed by atoms with van der Waals surface area (Å²) >= 11 is 0. The van der Waals surface area contributed by atoms with Crippen LogP contribution in [0.25, 0.3) is 0 Å². The van der Waals surface area contributed by atoms with Gasteiger partial charge in [-0.25, -0.2) is 4.89 Å². The maximum Gasteiger partial charge on any atom is 0.124 e. The molecule has 1 atom stereocenters. The highest BCUT2D eigenvalue weighted by Gasteiger charge is 2.30. The first-order valence-corrected chi connectivity index (χ1v) is 3.76. The van der Waals surface area contributed by atoms with Crippen LogP contribution in [0, 0.1) is 5.41 Å². The molecule has 3 nitrogen and oxygen atoms in total. The fraction of sp³-hybridized carbons (Fsp3) is 1.00. The Labute approximate surface area is 67.9 Å². The lowest BCUT2D eigenvalue weighted by Gasteiger charge is -2.30. The second-order valence-corrected chi connectivity index (χ2v) is 4.44. The Bertz CT molecular complexity index is 111. The summed E-state index contributed by atoms with van der Waals surface area (Å²) in [6.07, 6.45) is 0.618. The summed E-state index contributed by atoms with van der Waals surface area (Å²) in [6, 6.07) is 0. The summed E-state index contributed by atoms with van der Waals surface area (Å²) in [5, 5.41) is 17.4. The predicted molar refractivity (Wildman–Crippen MR) is 43.3 cm³/mol. The van der Waals surface area contributed by atoms with Crippen LogP contribution in [0.1, 0.15) is 34.1 Å². The minimum atomic E-state index is -0.821. The van der Waals surface area contributed by atoms with E-state index in [2.05, 4.69) is 4.89 Å². The standard InChI is InChI=1S/C8H18O3/c1-7(2,3)5-8(4,6-9)11-10/h9-10H,5-6H2,1-4H3. The van der Waals surface area contributed by atoms with E-state index >= 15 is 0 Å². The number of hydrogen-bond donors (Lipinski definition) is 2. The number of rotatable bonds is 3. The third kappa shape index (κ3) is 4.35. The van der Waals surface area contributed by atoms with Gasteiger partial charge < -0.3 is 5.11 Å². The van der Waals surface area contributed by atoms with E-state index in [9.17, 15) is 0 Å². The van der Waals surface area contributed by atoms with E-state index in [0.717, 1.165) is 0 Å². The molecule has 0 aliphatic carbocycles. The molecule has 0 radical (unpaired) electrons. The van der Waals surface area contributed by atoms with Crippen molar-refractivity contribution < 1.29 is 15.3 Å². The lowest BCUT2D eigenvalue weighted by atomic mass is 9.83. The summed E-state index contributed by atoms with van der Waals surface area (Å²) in [5.41, 5.74) is -0.779. The van der Waals surface area contributed by atoms with Crippen LogP contribution in [-0.4, -0.2) is 22.6 Å². The first-order valence-electron chi connectivity index (χ1n) is 3.76. The van der Waals surface area contributed by atoms with Gasteiger partial charge >= 0.3 is 0 Å². The Kier molecular flexibility index (Phi) is 3.48. The smallest absolute Gasteiger partial charge is 0.124 e. The van der Waals surface area contributed by atoms with Gasteiger partial charge in [0.05, 0.1) is 6.61 Å².